The highest BCUT2D eigenvalue weighted by Gasteiger charge is 2.37. The maximum Gasteiger partial charge on any atom is 0.303 e. The maximum atomic E-state index is 15.9. The van der Waals surface area contributed by atoms with E-state index in [0.717, 1.165) is 0 Å². The fourth-order valence-corrected chi connectivity index (χ4v) is 5.61. The summed E-state index contributed by atoms with van der Waals surface area (Å²) >= 11 is 0. The summed E-state index contributed by atoms with van der Waals surface area (Å²) in [6.07, 6.45) is 1.72. The molecule has 1 aliphatic rings. The van der Waals surface area contributed by atoms with Crippen molar-refractivity contribution >= 4 is 22.6 Å². The molecule has 0 aliphatic carbocycles. The summed E-state index contributed by atoms with van der Waals surface area (Å²) in [5, 5.41) is 12.9. The molecule has 1 aliphatic heterocycles. The van der Waals surface area contributed by atoms with Crippen LogP contribution in [0.2, 0.25) is 0 Å². The number of hydrogen-bond donors (Lipinski definition) is 3. The van der Waals surface area contributed by atoms with Gasteiger partial charge in [0.25, 0.3) is 0 Å². The van der Waals surface area contributed by atoms with Crippen molar-refractivity contribution < 1.29 is 32.2 Å². The molecule has 4 N–H and O–H groups in total. The van der Waals surface area contributed by atoms with Crippen molar-refractivity contribution in [1.29, 1.82) is 0 Å². The van der Waals surface area contributed by atoms with Gasteiger partial charge in [0, 0.05) is 48.9 Å². The molecular formula is C29H34F4N4O3. The molecule has 2 aromatic carbocycles. The first-order valence-electron chi connectivity index (χ1n) is 13.3. The SMILES string of the molecule is COc1ccc2ncc(CN)c([C@@H](F)CCC3(CC(=O)O)CCN(CCNc4c(F)cc(F)cc4F)CC3)c2c1. The van der Waals surface area contributed by atoms with Crippen LogP contribution in [0.3, 0.4) is 0 Å². The van der Waals surface area contributed by atoms with Crippen molar-refractivity contribution in [3.05, 3.63) is 65.1 Å². The van der Waals surface area contributed by atoms with Crippen LogP contribution in [0.1, 0.15) is 49.4 Å². The van der Waals surface area contributed by atoms with Gasteiger partial charge in [-0.05, 0) is 68.0 Å². The van der Waals surface area contributed by atoms with E-state index in [4.69, 9.17) is 10.5 Å². The van der Waals surface area contributed by atoms with Gasteiger partial charge in [-0.2, -0.15) is 0 Å². The lowest BCUT2D eigenvalue weighted by Gasteiger charge is -2.41. The lowest BCUT2D eigenvalue weighted by molar-refractivity contribution is -0.141. The number of aromatic nitrogens is 1. The largest absolute Gasteiger partial charge is 0.497 e. The number of nitrogens with one attached hydrogen (secondary N) is 1. The van der Waals surface area contributed by atoms with Crippen molar-refractivity contribution in [2.45, 2.75) is 44.8 Å². The Morgan fingerprint density at radius 2 is 1.90 bits per heavy atom. The highest BCUT2D eigenvalue weighted by atomic mass is 19.1. The average Bonchev–Trinajstić information content (AvgIpc) is 2.92. The Bertz CT molecular complexity index is 1320. The number of fused-ring (bicyclic) bond motifs is 1. The van der Waals surface area contributed by atoms with E-state index >= 15 is 4.39 Å². The molecular weight excluding hydrogens is 528 g/mol. The highest BCUT2D eigenvalue weighted by Crippen LogP contribution is 2.43. The van der Waals surface area contributed by atoms with Crippen molar-refractivity contribution in [3.8, 4) is 5.75 Å². The average molecular weight is 563 g/mol. The lowest BCUT2D eigenvalue weighted by atomic mass is 9.71. The van der Waals surface area contributed by atoms with E-state index in [2.05, 4.69) is 15.2 Å². The maximum absolute atomic E-state index is 15.9. The van der Waals surface area contributed by atoms with Crippen LogP contribution in [0.15, 0.2) is 36.5 Å². The van der Waals surface area contributed by atoms with Gasteiger partial charge in [0.15, 0.2) is 11.6 Å². The third kappa shape index (κ3) is 6.82. The second kappa shape index (κ2) is 12.8. The number of aliphatic carboxylic acids is 1. The van der Waals surface area contributed by atoms with Crippen LogP contribution >= 0.6 is 0 Å². The molecule has 0 unspecified atom stereocenters. The first-order valence-corrected chi connectivity index (χ1v) is 13.3. The van der Waals surface area contributed by atoms with Crippen LogP contribution in [0, 0.1) is 22.9 Å². The van der Waals surface area contributed by atoms with Crippen molar-refractivity contribution in [2.24, 2.45) is 11.1 Å². The fraction of sp³-hybridized carbons (Fsp3) is 0.448. The molecule has 216 valence electrons. The van der Waals surface area contributed by atoms with Crippen molar-refractivity contribution in [1.82, 2.24) is 9.88 Å². The standard InChI is InChI=1S/C29H34F4N4O3/c1-40-20-2-3-25-21(14-20)27(18(16-34)17-36-25)22(31)4-5-29(15-26(38)39)6-9-37(10-7-29)11-8-35-28-23(32)12-19(30)13-24(28)33/h2-3,12-14,17,22,35H,4-11,15-16,34H2,1H3,(H,38,39)/t22-/m0/s1. The summed E-state index contributed by atoms with van der Waals surface area (Å²) in [7, 11) is 1.53. The van der Waals surface area contributed by atoms with E-state index in [1.165, 1.54) is 7.11 Å². The predicted octanol–water partition coefficient (Wildman–Crippen LogP) is 5.58. The van der Waals surface area contributed by atoms with Crippen molar-refractivity contribution in [2.75, 3.05) is 38.6 Å². The number of carboxylic acid groups (broad SMARTS) is 1. The van der Waals surface area contributed by atoms with Gasteiger partial charge in [0.2, 0.25) is 0 Å². The Balaban J connectivity index is 1.41. The number of ether oxygens (including phenoxy) is 1. The number of benzene rings is 2. The van der Waals surface area contributed by atoms with Crippen LogP contribution in [-0.4, -0.2) is 54.2 Å². The monoisotopic (exact) mass is 562 g/mol. The summed E-state index contributed by atoms with van der Waals surface area (Å²) in [6.45, 7) is 1.91. The van der Waals surface area contributed by atoms with Gasteiger partial charge in [-0.25, -0.2) is 17.6 Å². The number of halogens is 4. The Morgan fingerprint density at radius 1 is 1.20 bits per heavy atom. The molecule has 1 aromatic heterocycles. The van der Waals surface area contributed by atoms with Gasteiger partial charge < -0.3 is 25.8 Å². The second-order valence-corrected chi connectivity index (χ2v) is 10.4. The van der Waals surface area contributed by atoms with E-state index in [0.29, 0.717) is 78.8 Å². The summed E-state index contributed by atoms with van der Waals surface area (Å²) in [5.74, 6) is -3.36. The van der Waals surface area contributed by atoms with Crippen LogP contribution in [0.5, 0.6) is 5.75 Å². The summed E-state index contributed by atoms with van der Waals surface area (Å²) in [6, 6.07) is 6.50. The molecule has 2 heterocycles. The van der Waals surface area contributed by atoms with Crippen LogP contribution in [-0.2, 0) is 11.3 Å². The first kappa shape index (κ1) is 29.5. The molecule has 11 heteroatoms. The number of nitrogens with two attached hydrogens (primary N) is 1. The number of nitrogens with zero attached hydrogens (tertiary/aromatic N) is 2. The van der Waals surface area contributed by atoms with Gasteiger partial charge in [-0.3, -0.25) is 9.78 Å². The Morgan fingerprint density at radius 3 is 2.52 bits per heavy atom. The minimum absolute atomic E-state index is 0.0769. The summed E-state index contributed by atoms with van der Waals surface area (Å²) in [4.78, 5) is 18.2. The zero-order chi connectivity index (χ0) is 28.9. The number of carboxylic acids is 1. The number of likely N-dealkylation sites (tertiary alicyclic amines) is 1. The third-order valence-corrected chi connectivity index (χ3v) is 7.84. The summed E-state index contributed by atoms with van der Waals surface area (Å²) < 4.78 is 62.2. The van der Waals surface area contributed by atoms with Gasteiger partial charge in [-0.15, -0.1) is 0 Å². The molecule has 1 fully saturated rings. The Hall–Kier alpha value is -3.44. The van der Waals surface area contributed by atoms with Gasteiger partial charge in [0.05, 0.1) is 19.0 Å². The predicted molar refractivity (Wildman–Crippen MR) is 144 cm³/mol. The van der Waals surface area contributed by atoms with Crippen LogP contribution < -0.4 is 15.8 Å². The van der Waals surface area contributed by atoms with E-state index in [9.17, 15) is 23.1 Å². The van der Waals surface area contributed by atoms with Crippen molar-refractivity contribution in [3.63, 3.8) is 0 Å². The molecule has 4 rings (SSSR count). The lowest BCUT2D eigenvalue weighted by Crippen LogP contribution is -2.43. The quantitative estimate of drug-likeness (QED) is 0.248. The number of pyridine rings is 1. The molecule has 40 heavy (non-hydrogen) atoms. The van der Waals surface area contributed by atoms with E-state index in [1.807, 2.05) is 0 Å². The first-order chi connectivity index (χ1) is 19.1. The van der Waals surface area contributed by atoms with E-state index < -0.39 is 35.0 Å². The molecule has 0 spiro atoms. The smallest absolute Gasteiger partial charge is 0.303 e. The topological polar surface area (TPSA) is 101 Å². The second-order valence-electron chi connectivity index (χ2n) is 10.4. The Labute approximate surface area is 230 Å². The van der Waals surface area contributed by atoms with Gasteiger partial charge in [-0.1, -0.05) is 0 Å². The molecule has 0 amide bonds. The minimum atomic E-state index is -1.37. The molecule has 7 nitrogen and oxygen atoms in total. The zero-order valence-corrected chi connectivity index (χ0v) is 22.4. The molecule has 1 saturated heterocycles. The van der Waals surface area contributed by atoms with Gasteiger partial charge >= 0.3 is 5.97 Å². The molecule has 0 bridgehead atoms. The molecule has 0 saturated carbocycles. The Kier molecular flexibility index (Phi) is 9.47. The highest BCUT2D eigenvalue weighted by molar-refractivity contribution is 5.85. The number of methoxy groups -OCH3 is 1. The number of hydrogen-bond acceptors (Lipinski definition) is 6. The number of alkyl halides is 1. The molecule has 3 aromatic rings. The van der Waals surface area contributed by atoms with E-state index in [1.54, 1.807) is 24.4 Å². The number of anilines is 1. The fourth-order valence-electron chi connectivity index (χ4n) is 5.61. The summed E-state index contributed by atoms with van der Waals surface area (Å²) in [5.41, 5.74) is 6.62. The zero-order valence-electron chi connectivity index (χ0n) is 22.4. The number of carbonyl (C=O) groups is 1. The third-order valence-electron chi connectivity index (χ3n) is 7.84. The van der Waals surface area contributed by atoms with Crippen LogP contribution in [0.25, 0.3) is 10.9 Å². The number of rotatable bonds is 12. The number of piperidine rings is 1. The van der Waals surface area contributed by atoms with E-state index in [-0.39, 0.29) is 31.6 Å². The minimum Gasteiger partial charge on any atom is -0.497 e. The molecule has 0 radical (unpaired) electrons. The normalized spacial score (nSPS) is 16.1. The van der Waals surface area contributed by atoms with Gasteiger partial charge in [0.1, 0.15) is 23.4 Å². The molecule has 1 atom stereocenters. The van der Waals surface area contributed by atoms with Crippen LogP contribution in [0.4, 0.5) is 23.2 Å².